The van der Waals surface area contributed by atoms with Crippen LogP contribution in [0.3, 0.4) is 0 Å². The van der Waals surface area contributed by atoms with Crippen LogP contribution in [-0.4, -0.2) is 30.8 Å². The van der Waals surface area contributed by atoms with Crippen molar-refractivity contribution >= 4 is 5.91 Å². The molecule has 2 aliphatic heterocycles. The highest BCUT2D eigenvalue weighted by Gasteiger charge is 2.30. The van der Waals surface area contributed by atoms with Gasteiger partial charge in [-0.05, 0) is 55.8 Å². The molecule has 2 heterocycles. The van der Waals surface area contributed by atoms with Crippen molar-refractivity contribution < 1.29 is 23.4 Å². The fourth-order valence-corrected chi connectivity index (χ4v) is 4.59. The van der Waals surface area contributed by atoms with Gasteiger partial charge in [0.1, 0.15) is 11.6 Å². The lowest BCUT2D eigenvalue weighted by atomic mass is 9.84. The first-order chi connectivity index (χ1) is 16.5. The molecule has 3 aromatic carbocycles. The summed E-state index contributed by atoms with van der Waals surface area (Å²) in [5.41, 5.74) is 3.75. The highest BCUT2D eigenvalue weighted by Crippen LogP contribution is 2.36. The number of benzene rings is 3. The van der Waals surface area contributed by atoms with Gasteiger partial charge in [-0.3, -0.25) is 4.79 Å². The van der Waals surface area contributed by atoms with Crippen LogP contribution in [0.1, 0.15) is 33.0 Å². The average Bonchev–Trinajstić information content (AvgIpc) is 3.30. The van der Waals surface area contributed by atoms with Crippen LogP contribution < -0.4 is 14.2 Å². The van der Waals surface area contributed by atoms with Crippen LogP contribution in [0.25, 0.3) is 0 Å². The van der Waals surface area contributed by atoms with E-state index >= 15 is 0 Å². The first-order valence-electron chi connectivity index (χ1n) is 11.3. The maximum absolute atomic E-state index is 13.5. The quantitative estimate of drug-likeness (QED) is 0.497. The zero-order valence-corrected chi connectivity index (χ0v) is 19.2. The number of fused-ring (bicyclic) bond motifs is 1. The van der Waals surface area contributed by atoms with Crippen LogP contribution in [0.15, 0.2) is 72.9 Å². The summed E-state index contributed by atoms with van der Waals surface area (Å²) < 4.78 is 30.5. The van der Waals surface area contributed by atoms with Gasteiger partial charge in [0.25, 0.3) is 5.91 Å². The Morgan fingerprint density at radius 3 is 2.50 bits per heavy atom. The molecule has 0 unspecified atom stereocenters. The van der Waals surface area contributed by atoms with Crippen molar-refractivity contribution in [3.05, 3.63) is 101 Å². The number of allylic oxidation sites excluding steroid dienone is 1. The lowest BCUT2D eigenvalue weighted by molar-refractivity contribution is 0.0765. The number of carbonyl (C=O) groups is 1. The van der Waals surface area contributed by atoms with E-state index in [0.717, 1.165) is 16.7 Å². The first-order valence-corrected chi connectivity index (χ1v) is 11.3. The topological polar surface area (TPSA) is 48.0 Å². The van der Waals surface area contributed by atoms with E-state index in [1.807, 2.05) is 56.5 Å². The largest absolute Gasteiger partial charge is 0.493 e. The lowest BCUT2D eigenvalue weighted by Gasteiger charge is -2.34. The van der Waals surface area contributed by atoms with Crippen molar-refractivity contribution in [2.75, 3.05) is 19.9 Å². The third-order valence-corrected chi connectivity index (χ3v) is 6.20. The fraction of sp³-hybridized carbons (Fsp3) is 0.250. The number of amides is 1. The summed E-state index contributed by atoms with van der Waals surface area (Å²) in [4.78, 5) is 15.0. The molecule has 0 saturated carbocycles. The molecule has 0 bridgehead atoms. The monoisotopic (exact) mass is 459 g/mol. The number of carbonyl (C=O) groups excluding carboxylic acids is 1. The molecule has 2 aliphatic rings. The minimum absolute atomic E-state index is 0.0158. The minimum Gasteiger partial charge on any atom is -0.493 e. The second kappa shape index (κ2) is 9.21. The Bertz CT molecular complexity index is 1220. The number of nitrogens with zero attached hydrogens (tertiary/aromatic N) is 1. The van der Waals surface area contributed by atoms with Crippen molar-refractivity contribution in [1.82, 2.24) is 4.90 Å². The number of rotatable bonds is 5. The second-order valence-corrected chi connectivity index (χ2v) is 8.84. The molecule has 0 spiro atoms. The minimum atomic E-state index is -0.275. The molecule has 0 radical (unpaired) electrons. The van der Waals surface area contributed by atoms with Gasteiger partial charge in [-0.25, -0.2) is 4.39 Å². The van der Waals surface area contributed by atoms with Gasteiger partial charge >= 0.3 is 0 Å². The van der Waals surface area contributed by atoms with Crippen LogP contribution in [0, 0.1) is 25.6 Å². The van der Waals surface area contributed by atoms with E-state index in [1.165, 1.54) is 12.1 Å². The molecule has 5 rings (SSSR count). The predicted molar refractivity (Wildman–Crippen MR) is 127 cm³/mol. The van der Waals surface area contributed by atoms with Gasteiger partial charge in [0.15, 0.2) is 11.5 Å². The zero-order valence-electron chi connectivity index (χ0n) is 19.2. The first kappa shape index (κ1) is 22.0. The maximum Gasteiger partial charge on any atom is 0.257 e. The molecule has 0 aliphatic carbocycles. The summed E-state index contributed by atoms with van der Waals surface area (Å²) in [6, 6.07) is 17.9. The number of hydrogen-bond donors (Lipinski definition) is 0. The van der Waals surface area contributed by atoms with Gasteiger partial charge in [-0.15, -0.1) is 0 Å². The van der Waals surface area contributed by atoms with E-state index in [0.29, 0.717) is 36.0 Å². The fourth-order valence-electron chi connectivity index (χ4n) is 4.59. The zero-order chi connectivity index (χ0) is 23.7. The third-order valence-electron chi connectivity index (χ3n) is 6.20. The van der Waals surface area contributed by atoms with Crippen LogP contribution in [0.5, 0.6) is 17.2 Å². The van der Waals surface area contributed by atoms with Gasteiger partial charge in [0.2, 0.25) is 6.79 Å². The third kappa shape index (κ3) is 4.62. The van der Waals surface area contributed by atoms with Gasteiger partial charge < -0.3 is 19.1 Å². The summed E-state index contributed by atoms with van der Waals surface area (Å²) in [6.45, 7) is 5.04. The van der Waals surface area contributed by atoms with Crippen LogP contribution in [0.2, 0.25) is 0 Å². The van der Waals surface area contributed by atoms with E-state index in [4.69, 9.17) is 14.2 Å². The Labute approximate surface area is 198 Å². The average molecular weight is 460 g/mol. The molecule has 0 aromatic heterocycles. The smallest absolute Gasteiger partial charge is 0.257 e. The molecular weight excluding hydrogens is 433 g/mol. The highest BCUT2D eigenvalue weighted by molar-refractivity contribution is 5.95. The molecule has 174 valence electrons. The van der Waals surface area contributed by atoms with Gasteiger partial charge in [0, 0.05) is 36.2 Å². The Hall–Kier alpha value is -3.80. The number of hydrogen-bond acceptors (Lipinski definition) is 4. The molecule has 0 fully saturated rings. The van der Waals surface area contributed by atoms with E-state index in [9.17, 15) is 9.18 Å². The molecule has 6 heteroatoms. The lowest BCUT2D eigenvalue weighted by Crippen LogP contribution is -2.39. The molecule has 1 amide bonds. The highest BCUT2D eigenvalue weighted by atomic mass is 19.1. The SMILES string of the molecule is Cc1cc(C)cc(C(=O)N2C=C[C@@H](c3ccc(F)cc3)[C@H](COc3ccc4c(c3)OCO4)C2)c1. The van der Waals surface area contributed by atoms with Crippen molar-refractivity contribution in [3.63, 3.8) is 0 Å². The number of aryl methyl sites for hydroxylation is 2. The molecule has 0 saturated heterocycles. The van der Waals surface area contributed by atoms with E-state index < -0.39 is 0 Å². The molecule has 0 N–H and O–H groups in total. The van der Waals surface area contributed by atoms with E-state index in [2.05, 4.69) is 6.07 Å². The Balaban J connectivity index is 1.39. The van der Waals surface area contributed by atoms with Crippen molar-refractivity contribution in [2.45, 2.75) is 19.8 Å². The van der Waals surface area contributed by atoms with Crippen molar-refractivity contribution in [2.24, 2.45) is 5.92 Å². The Morgan fingerprint density at radius 1 is 1.00 bits per heavy atom. The Morgan fingerprint density at radius 2 is 1.74 bits per heavy atom. The van der Waals surface area contributed by atoms with Gasteiger partial charge in [0.05, 0.1) is 6.61 Å². The van der Waals surface area contributed by atoms with Crippen molar-refractivity contribution in [1.29, 1.82) is 0 Å². The normalized spacial score (nSPS) is 18.7. The molecule has 3 aromatic rings. The summed E-state index contributed by atoms with van der Waals surface area (Å²) >= 11 is 0. The maximum atomic E-state index is 13.5. The summed E-state index contributed by atoms with van der Waals surface area (Å²) in [5, 5.41) is 0. The van der Waals surface area contributed by atoms with E-state index in [-0.39, 0.29) is 30.4 Å². The van der Waals surface area contributed by atoms with Crippen molar-refractivity contribution in [3.8, 4) is 17.2 Å². The van der Waals surface area contributed by atoms with Gasteiger partial charge in [-0.2, -0.15) is 0 Å². The van der Waals surface area contributed by atoms with E-state index in [1.54, 1.807) is 17.0 Å². The second-order valence-electron chi connectivity index (χ2n) is 8.84. The summed E-state index contributed by atoms with van der Waals surface area (Å²) in [5.74, 6) is 1.65. The summed E-state index contributed by atoms with van der Waals surface area (Å²) in [6.07, 6.45) is 3.84. The number of ether oxygens (including phenoxy) is 3. The standard InChI is InChI=1S/C28H26FNO4/c1-18-11-19(2)13-21(12-18)28(31)30-10-9-25(20-3-5-23(29)6-4-20)22(15-30)16-32-24-7-8-26-27(14-24)34-17-33-26/h3-14,22,25H,15-17H2,1-2H3/t22-,25-/m0/s1. The molecular formula is C28H26FNO4. The molecule has 34 heavy (non-hydrogen) atoms. The van der Waals surface area contributed by atoms with Gasteiger partial charge in [-0.1, -0.05) is 35.4 Å². The number of halogens is 1. The van der Waals surface area contributed by atoms with Crippen LogP contribution in [0.4, 0.5) is 4.39 Å². The molecule has 2 atom stereocenters. The van der Waals surface area contributed by atoms with Crippen LogP contribution in [-0.2, 0) is 0 Å². The van der Waals surface area contributed by atoms with Crippen LogP contribution >= 0.6 is 0 Å². The Kier molecular flexibility index (Phi) is 5.97. The molecule has 5 nitrogen and oxygen atoms in total. The predicted octanol–water partition coefficient (Wildman–Crippen LogP) is 5.62. The summed E-state index contributed by atoms with van der Waals surface area (Å²) in [7, 11) is 0.